The van der Waals surface area contributed by atoms with E-state index in [0.29, 0.717) is 35.8 Å². The van der Waals surface area contributed by atoms with Crippen LogP contribution in [0.15, 0.2) is 30.3 Å². The van der Waals surface area contributed by atoms with Gasteiger partial charge in [0.2, 0.25) is 5.65 Å². The number of ketones is 1. The molecular weight excluding hydrogens is 308 g/mol. The van der Waals surface area contributed by atoms with Crippen LogP contribution in [0.4, 0.5) is 5.82 Å². The summed E-state index contributed by atoms with van der Waals surface area (Å²) in [5, 5.41) is 20.8. The smallest absolute Gasteiger partial charge is 0.207 e. The SMILES string of the molecule is CC(=O)[C@@H]1C[C@H](O)CN1c1nc(-c2ccccc2)nc2n[nH]nc12. The summed E-state index contributed by atoms with van der Waals surface area (Å²) in [6.07, 6.45) is -0.185. The first-order chi connectivity index (χ1) is 11.6. The number of carbonyl (C=O) groups excluding carboxylic acids is 1. The van der Waals surface area contributed by atoms with Crippen molar-refractivity contribution in [3.05, 3.63) is 30.3 Å². The number of aromatic amines is 1. The maximum Gasteiger partial charge on any atom is 0.207 e. The average Bonchev–Trinajstić information content (AvgIpc) is 3.21. The van der Waals surface area contributed by atoms with Gasteiger partial charge in [0.25, 0.3) is 0 Å². The second kappa shape index (κ2) is 5.64. The molecule has 2 atom stereocenters. The van der Waals surface area contributed by atoms with Crippen LogP contribution >= 0.6 is 0 Å². The molecule has 1 fully saturated rings. The van der Waals surface area contributed by atoms with Crippen molar-refractivity contribution < 1.29 is 9.90 Å². The lowest BCUT2D eigenvalue weighted by Gasteiger charge is -2.23. The number of aliphatic hydroxyl groups excluding tert-OH is 1. The highest BCUT2D eigenvalue weighted by atomic mass is 16.3. The summed E-state index contributed by atoms with van der Waals surface area (Å²) >= 11 is 0. The summed E-state index contributed by atoms with van der Waals surface area (Å²) in [6, 6.07) is 9.13. The zero-order valence-corrected chi connectivity index (χ0v) is 13.0. The van der Waals surface area contributed by atoms with E-state index >= 15 is 0 Å². The Morgan fingerprint density at radius 2 is 2.04 bits per heavy atom. The minimum atomic E-state index is -0.573. The predicted molar refractivity (Wildman–Crippen MR) is 87.4 cm³/mol. The fourth-order valence-corrected chi connectivity index (χ4v) is 3.08. The third-order valence-electron chi connectivity index (χ3n) is 4.22. The van der Waals surface area contributed by atoms with E-state index in [1.807, 2.05) is 30.3 Å². The minimum absolute atomic E-state index is 0.0110. The first-order valence-electron chi connectivity index (χ1n) is 7.72. The second-order valence-corrected chi connectivity index (χ2v) is 5.90. The maximum atomic E-state index is 12.0. The van der Waals surface area contributed by atoms with Crippen molar-refractivity contribution in [2.24, 2.45) is 0 Å². The maximum absolute atomic E-state index is 12.0. The van der Waals surface area contributed by atoms with Crippen molar-refractivity contribution in [3.8, 4) is 11.4 Å². The van der Waals surface area contributed by atoms with Crippen molar-refractivity contribution in [2.45, 2.75) is 25.5 Å². The second-order valence-electron chi connectivity index (χ2n) is 5.90. The molecule has 0 unspecified atom stereocenters. The van der Waals surface area contributed by atoms with Gasteiger partial charge in [-0.25, -0.2) is 9.97 Å². The van der Waals surface area contributed by atoms with Crippen LogP contribution in [0, 0.1) is 0 Å². The molecule has 0 saturated carbocycles. The Labute approximate surface area is 137 Å². The van der Waals surface area contributed by atoms with Crippen LogP contribution in [0.25, 0.3) is 22.6 Å². The summed E-state index contributed by atoms with van der Waals surface area (Å²) in [7, 11) is 0. The number of aliphatic hydroxyl groups is 1. The number of hydrogen-bond donors (Lipinski definition) is 2. The van der Waals surface area contributed by atoms with Gasteiger partial charge in [-0.2, -0.15) is 10.3 Å². The number of β-amino-alcohol motifs (C(OH)–C–C–N with tert-alkyl or cyclic N) is 1. The molecule has 0 bridgehead atoms. The first-order valence-corrected chi connectivity index (χ1v) is 7.72. The number of aromatic nitrogens is 5. The van der Waals surface area contributed by atoms with Gasteiger partial charge in [-0.05, 0) is 6.92 Å². The minimum Gasteiger partial charge on any atom is -0.391 e. The van der Waals surface area contributed by atoms with Gasteiger partial charge in [-0.1, -0.05) is 30.3 Å². The number of carbonyl (C=O) groups is 1. The van der Waals surface area contributed by atoms with Crippen LogP contribution in [-0.4, -0.2) is 55.0 Å². The lowest BCUT2D eigenvalue weighted by molar-refractivity contribution is -0.118. The van der Waals surface area contributed by atoms with Crippen LogP contribution in [-0.2, 0) is 4.79 Å². The zero-order chi connectivity index (χ0) is 16.7. The molecule has 2 aromatic heterocycles. The van der Waals surface area contributed by atoms with Crippen LogP contribution in [0.3, 0.4) is 0 Å². The van der Waals surface area contributed by atoms with E-state index in [-0.39, 0.29) is 5.78 Å². The predicted octanol–water partition coefficient (Wildman–Crippen LogP) is 0.944. The van der Waals surface area contributed by atoms with Crippen LogP contribution in [0.2, 0.25) is 0 Å². The molecule has 2 N–H and O–H groups in total. The number of benzene rings is 1. The van der Waals surface area contributed by atoms with Crippen LogP contribution < -0.4 is 4.90 Å². The van der Waals surface area contributed by atoms with Crippen molar-refractivity contribution in [3.63, 3.8) is 0 Å². The number of anilines is 1. The summed E-state index contributed by atoms with van der Waals surface area (Å²) < 4.78 is 0. The summed E-state index contributed by atoms with van der Waals surface area (Å²) in [6.45, 7) is 1.85. The van der Waals surface area contributed by atoms with Gasteiger partial charge in [0.1, 0.15) is 0 Å². The molecule has 0 amide bonds. The molecule has 24 heavy (non-hydrogen) atoms. The Kier molecular flexibility index (Phi) is 3.46. The Balaban J connectivity index is 1.88. The first kappa shape index (κ1) is 14.7. The van der Waals surface area contributed by atoms with Crippen LogP contribution in [0.5, 0.6) is 0 Å². The number of Topliss-reactive ketones (excluding diaryl/α,β-unsaturated/α-hetero) is 1. The van der Waals surface area contributed by atoms with Gasteiger partial charge < -0.3 is 10.0 Å². The standard InChI is InChI=1S/C16H16N6O2/c1-9(23)12-7-11(24)8-22(12)16-13-15(20-21-19-13)17-14(18-16)10-5-3-2-4-6-10/h2-6,11-12,24H,7-8H2,1H3,(H,17,18,19,20,21)/t11-,12-/m0/s1. The molecule has 4 rings (SSSR count). The number of H-pyrrole nitrogens is 1. The molecule has 3 heterocycles. The largest absolute Gasteiger partial charge is 0.391 e. The lowest BCUT2D eigenvalue weighted by Crippen LogP contribution is -2.35. The number of nitrogens with one attached hydrogen (secondary N) is 1. The fraction of sp³-hybridized carbons (Fsp3) is 0.312. The molecule has 8 heteroatoms. The molecule has 3 aromatic rings. The molecule has 8 nitrogen and oxygen atoms in total. The number of hydrogen-bond acceptors (Lipinski definition) is 7. The molecule has 1 aliphatic heterocycles. The van der Waals surface area contributed by atoms with Gasteiger partial charge in [-0.15, -0.1) is 5.10 Å². The van der Waals surface area contributed by atoms with Gasteiger partial charge in [0.15, 0.2) is 22.9 Å². The third kappa shape index (κ3) is 2.41. The Morgan fingerprint density at radius 1 is 1.25 bits per heavy atom. The van der Waals surface area contributed by atoms with E-state index < -0.39 is 12.1 Å². The number of nitrogens with zero attached hydrogens (tertiary/aromatic N) is 5. The zero-order valence-electron chi connectivity index (χ0n) is 13.0. The van der Waals surface area contributed by atoms with E-state index in [0.717, 1.165) is 5.56 Å². The fourth-order valence-electron chi connectivity index (χ4n) is 3.08. The highest BCUT2D eigenvalue weighted by Crippen LogP contribution is 2.30. The monoisotopic (exact) mass is 324 g/mol. The Bertz CT molecular complexity index is 894. The van der Waals surface area contributed by atoms with Crippen molar-refractivity contribution in [1.29, 1.82) is 0 Å². The van der Waals surface area contributed by atoms with Crippen molar-refractivity contribution in [1.82, 2.24) is 25.4 Å². The topological polar surface area (TPSA) is 108 Å². The van der Waals surface area contributed by atoms with Crippen molar-refractivity contribution in [2.75, 3.05) is 11.4 Å². The molecule has 0 spiro atoms. The molecule has 122 valence electrons. The van der Waals surface area contributed by atoms with E-state index in [1.54, 1.807) is 4.90 Å². The third-order valence-corrected chi connectivity index (χ3v) is 4.22. The van der Waals surface area contributed by atoms with E-state index in [9.17, 15) is 9.90 Å². The number of rotatable bonds is 3. The summed E-state index contributed by atoms with van der Waals surface area (Å²) in [5.74, 6) is 1.02. The number of fused-ring (bicyclic) bond motifs is 1. The summed E-state index contributed by atoms with van der Waals surface area (Å²) in [4.78, 5) is 22.8. The van der Waals surface area contributed by atoms with Gasteiger partial charge in [0, 0.05) is 18.5 Å². The van der Waals surface area contributed by atoms with Gasteiger partial charge in [0.05, 0.1) is 12.1 Å². The quantitative estimate of drug-likeness (QED) is 0.738. The Hall–Kier alpha value is -2.87. The highest BCUT2D eigenvalue weighted by Gasteiger charge is 2.36. The highest BCUT2D eigenvalue weighted by molar-refractivity contribution is 5.90. The van der Waals surface area contributed by atoms with Crippen molar-refractivity contribution >= 4 is 22.8 Å². The Morgan fingerprint density at radius 3 is 2.79 bits per heavy atom. The average molecular weight is 324 g/mol. The molecule has 0 aliphatic carbocycles. The molecule has 1 aliphatic rings. The van der Waals surface area contributed by atoms with E-state index in [4.69, 9.17) is 0 Å². The normalized spacial score (nSPS) is 20.7. The summed E-state index contributed by atoms with van der Waals surface area (Å²) in [5.41, 5.74) is 1.78. The molecular formula is C16H16N6O2. The van der Waals surface area contributed by atoms with Crippen LogP contribution in [0.1, 0.15) is 13.3 Å². The molecule has 0 radical (unpaired) electrons. The molecule has 1 saturated heterocycles. The molecule has 1 aromatic carbocycles. The van der Waals surface area contributed by atoms with E-state index in [1.165, 1.54) is 6.92 Å². The van der Waals surface area contributed by atoms with Gasteiger partial charge >= 0.3 is 0 Å². The van der Waals surface area contributed by atoms with E-state index in [2.05, 4.69) is 25.4 Å². The lowest BCUT2D eigenvalue weighted by atomic mass is 10.1. The van der Waals surface area contributed by atoms with Gasteiger partial charge in [-0.3, -0.25) is 4.79 Å².